The minimum absolute atomic E-state index is 0.0721. The summed E-state index contributed by atoms with van der Waals surface area (Å²) in [5.74, 6) is 2.34. The molecule has 1 aliphatic carbocycles. The summed E-state index contributed by atoms with van der Waals surface area (Å²) in [5.41, 5.74) is 0.710. The highest BCUT2D eigenvalue weighted by Gasteiger charge is 2.30. The lowest BCUT2D eigenvalue weighted by Gasteiger charge is -2.11. The Hall–Kier alpha value is -2.72. The third-order valence-corrected chi connectivity index (χ3v) is 6.27. The van der Waals surface area contributed by atoms with Gasteiger partial charge in [-0.25, -0.2) is 0 Å². The molecule has 1 unspecified atom stereocenters. The molecule has 0 bridgehead atoms. The van der Waals surface area contributed by atoms with Crippen molar-refractivity contribution < 1.29 is 9.26 Å². The van der Waals surface area contributed by atoms with E-state index < -0.39 is 0 Å². The fourth-order valence-corrected chi connectivity index (χ4v) is 4.39. The average Bonchev–Trinajstić information content (AvgIpc) is 3.34. The van der Waals surface area contributed by atoms with Crippen LogP contribution in [-0.4, -0.2) is 43.0 Å². The summed E-state index contributed by atoms with van der Waals surface area (Å²) in [5, 5.41) is 14.1. The average molecular weight is 427 g/mol. The monoisotopic (exact) mass is 426 g/mol. The first-order valence-electron chi connectivity index (χ1n) is 10.0. The van der Waals surface area contributed by atoms with Crippen molar-refractivity contribution in [2.45, 2.75) is 49.1 Å². The minimum atomic E-state index is -0.0926. The predicted molar refractivity (Wildman–Crippen MR) is 112 cm³/mol. The fraction of sp³-hybridized carbons (Fsp3) is 0.450. The number of aryl methyl sites for hydroxylation is 1. The zero-order valence-electron chi connectivity index (χ0n) is 16.8. The number of methoxy groups -OCH3 is 1. The lowest BCUT2D eigenvalue weighted by atomic mass is 10.2. The molecule has 4 aromatic rings. The van der Waals surface area contributed by atoms with Gasteiger partial charge in [-0.2, -0.15) is 4.98 Å². The molecular weight excluding hydrogens is 404 g/mol. The van der Waals surface area contributed by atoms with Crippen molar-refractivity contribution >= 4 is 28.4 Å². The summed E-state index contributed by atoms with van der Waals surface area (Å²) in [7, 11) is 1.65. The topological polar surface area (TPSA) is 100 Å². The molecular formula is C20H22N6O3S. The third-order valence-electron chi connectivity index (χ3n) is 5.24. The van der Waals surface area contributed by atoms with Crippen LogP contribution in [0.1, 0.15) is 49.1 Å². The number of hydrogen-bond donors (Lipinski definition) is 0. The molecule has 1 saturated carbocycles. The van der Waals surface area contributed by atoms with Gasteiger partial charge >= 0.3 is 0 Å². The van der Waals surface area contributed by atoms with Crippen LogP contribution in [0.4, 0.5) is 0 Å². The zero-order chi connectivity index (χ0) is 20.7. The molecule has 0 amide bonds. The second-order valence-electron chi connectivity index (χ2n) is 7.46. The maximum atomic E-state index is 13.1. The predicted octanol–water partition coefficient (Wildman–Crippen LogP) is 3.19. The smallest absolute Gasteiger partial charge is 0.262 e. The Balaban J connectivity index is 1.56. The molecule has 1 fully saturated rings. The van der Waals surface area contributed by atoms with Crippen molar-refractivity contribution in [1.82, 2.24) is 29.3 Å². The lowest BCUT2D eigenvalue weighted by Crippen LogP contribution is -2.24. The number of nitrogens with zero attached hydrogens (tertiary/aromatic N) is 6. The lowest BCUT2D eigenvalue weighted by molar-refractivity contribution is 0.190. The number of para-hydroxylation sites is 1. The second kappa shape index (κ2) is 7.84. The molecule has 0 saturated heterocycles. The van der Waals surface area contributed by atoms with Crippen LogP contribution in [0, 0.1) is 0 Å². The van der Waals surface area contributed by atoms with E-state index in [-0.39, 0.29) is 10.8 Å². The van der Waals surface area contributed by atoms with E-state index in [2.05, 4.69) is 20.3 Å². The molecule has 0 spiro atoms. The number of thioether (sulfide) groups is 1. The van der Waals surface area contributed by atoms with E-state index in [9.17, 15) is 4.79 Å². The van der Waals surface area contributed by atoms with Gasteiger partial charge in [-0.3, -0.25) is 13.8 Å². The number of ether oxygens (including phenoxy) is 1. The van der Waals surface area contributed by atoms with Crippen molar-refractivity contribution in [3.8, 4) is 0 Å². The first-order chi connectivity index (χ1) is 14.7. The van der Waals surface area contributed by atoms with Gasteiger partial charge in [0.1, 0.15) is 0 Å². The molecule has 0 aliphatic heterocycles. The number of aromatic nitrogens is 6. The SMILES string of the molecule is COCCCn1c(=O)c2ccccc2n2c(SC(C)c3nc(C4CC4)no3)nnc12. The highest BCUT2D eigenvalue weighted by Crippen LogP contribution is 2.40. The molecule has 5 rings (SSSR count). The van der Waals surface area contributed by atoms with Gasteiger partial charge < -0.3 is 9.26 Å². The van der Waals surface area contributed by atoms with E-state index in [1.807, 2.05) is 35.6 Å². The van der Waals surface area contributed by atoms with Gasteiger partial charge in [0.2, 0.25) is 11.7 Å². The van der Waals surface area contributed by atoms with Crippen LogP contribution >= 0.6 is 11.8 Å². The molecule has 3 heterocycles. The molecule has 9 nitrogen and oxygen atoms in total. The Morgan fingerprint density at radius 2 is 2.13 bits per heavy atom. The fourth-order valence-electron chi connectivity index (χ4n) is 3.51. The number of fused-ring (bicyclic) bond motifs is 3. The number of hydrogen-bond acceptors (Lipinski definition) is 8. The van der Waals surface area contributed by atoms with Gasteiger partial charge in [0.15, 0.2) is 11.0 Å². The highest BCUT2D eigenvalue weighted by atomic mass is 32.2. The van der Waals surface area contributed by atoms with Crippen LogP contribution in [-0.2, 0) is 11.3 Å². The summed E-state index contributed by atoms with van der Waals surface area (Å²) in [6, 6.07) is 7.53. The van der Waals surface area contributed by atoms with Gasteiger partial charge in [-0.15, -0.1) is 10.2 Å². The Kier molecular flexibility index (Phi) is 5.03. The van der Waals surface area contributed by atoms with Crippen LogP contribution in [0.5, 0.6) is 0 Å². The number of rotatable bonds is 8. The van der Waals surface area contributed by atoms with Crippen molar-refractivity contribution in [3.63, 3.8) is 0 Å². The number of benzene rings is 1. The molecule has 1 atom stereocenters. The van der Waals surface area contributed by atoms with Gasteiger partial charge in [0, 0.05) is 26.2 Å². The van der Waals surface area contributed by atoms with E-state index in [4.69, 9.17) is 9.26 Å². The van der Waals surface area contributed by atoms with Gasteiger partial charge in [-0.1, -0.05) is 29.1 Å². The van der Waals surface area contributed by atoms with Crippen LogP contribution in [0.2, 0.25) is 0 Å². The summed E-state index contributed by atoms with van der Waals surface area (Å²) in [6.45, 7) is 3.08. The third kappa shape index (κ3) is 3.39. The second-order valence-corrected chi connectivity index (χ2v) is 8.77. The van der Waals surface area contributed by atoms with Crippen molar-refractivity contribution in [3.05, 3.63) is 46.3 Å². The maximum absolute atomic E-state index is 13.1. The molecule has 30 heavy (non-hydrogen) atoms. The minimum Gasteiger partial charge on any atom is -0.385 e. The quantitative estimate of drug-likeness (QED) is 0.313. The molecule has 0 N–H and O–H groups in total. The van der Waals surface area contributed by atoms with Crippen LogP contribution in [0.25, 0.3) is 16.7 Å². The molecule has 10 heteroatoms. The molecule has 0 radical (unpaired) electrons. The highest BCUT2D eigenvalue weighted by molar-refractivity contribution is 7.99. The Morgan fingerprint density at radius 1 is 1.30 bits per heavy atom. The molecule has 3 aromatic heterocycles. The van der Waals surface area contributed by atoms with Gasteiger partial charge in [0.05, 0.1) is 16.2 Å². The van der Waals surface area contributed by atoms with Crippen LogP contribution < -0.4 is 5.56 Å². The van der Waals surface area contributed by atoms with Gasteiger partial charge in [-0.05, 0) is 38.3 Å². The Labute approximate surface area is 176 Å². The van der Waals surface area contributed by atoms with Crippen LogP contribution in [0.15, 0.2) is 38.7 Å². The Morgan fingerprint density at radius 3 is 2.93 bits per heavy atom. The summed E-state index contributed by atoms with van der Waals surface area (Å²) >= 11 is 1.49. The standard InChI is InChI=1S/C20H22N6O3S/c1-12(17-21-16(24-29-17)13-8-9-13)30-20-23-22-19-25(10-5-11-28-2)18(27)14-6-3-4-7-15(14)26(19)20/h3-4,6-7,12-13H,5,8-11H2,1-2H3. The molecule has 156 valence electrons. The van der Waals surface area contributed by atoms with Crippen molar-refractivity contribution in [2.75, 3.05) is 13.7 Å². The van der Waals surface area contributed by atoms with E-state index >= 15 is 0 Å². The zero-order valence-corrected chi connectivity index (χ0v) is 17.6. The molecule has 1 aliphatic rings. The van der Waals surface area contributed by atoms with Gasteiger partial charge in [0.25, 0.3) is 5.56 Å². The summed E-state index contributed by atoms with van der Waals surface area (Å²) in [6.07, 6.45) is 2.96. The molecule has 1 aromatic carbocycles. The van der Waals surface area contributed by atoms with E-state index in [1.54, 1.807) is 11.7 Å². The normalized spacial score (nSPS) is 15.3. The van der Waals surface area contributed by atoms with Crippen molar-refractivity contribution in [1.29, 1.82) is 0 Å². The summed E-state index contributed by atoms with van der Waals surface area (Å²) < 4.78 is 14.2. The van der Waals surface area contributed by atoms with Crippen LogP contribution in [0.3, 0.4) is 0 Å². The van der Waals surface area contributed by atoms with E-state index in [1.165, 1.54) is 11.8 Å². The van der Waals surface area contributed by atoms with Crippen molar-refractivity contribution in [2.24, 2.45) is 0 Å². The first kappa shape index (κ1) is 19.3. The van der Waals surface area contributed by atoms with E-state index in [0.717, 1.165) is 24.2 Å². The summed E-state index contributed by atoms with van der Waals surface area (Å²) in [4.78, 5) is 17.6. The van der Waals surface area contributed by atoms with E-state index in [0.29, 0.717) is 47.7 Å². The Bertz CT molecular complexity index is 1260. The maximum Gasteiger partial charge on any atom is 0.262 e. The largest absolute Gasteiger partial charge is 0.385 e. The first-order valence-corrected chi connectivity index (χ1v) is 10.9.